The van der Waals surface area contributed by atoms with Crippen molar-refractivity contribution in [3.63, 3.8) is 0 Å². The number of piperidine rings is 3. The summed E-state index contributed by atoms with van der Waals surface area (Å²) in [4.78, 5) is 25.5. The molecule has 3 fully saturated rings. The SMILES string of the molecule is COOC(=O)N1CCCC(N2CCC(O)CC2)C1.C[C@@H]1CCCCN1S(=O)c1ccc(Cl)cc1. The predicted octanol–water partition coefficient (Wildman–Crippen LogP) is 3.84. The van der Waals surface area contributed by atoms with Gasteiger partial charge in [-0.1, -0.05) is 18.0 Å². The molecule has 3 aliphatic rings. The molecule has 1 aromatic carbocycles. The van der Waals surface area contributed by atoms with Crippen LogP contribution in [0.2, 0.25) is 5.02 Å². The maximum Gasteiger partial charge on any atom is 0.441 e. The molecule has 192 valence electrons. The normalized spacial score (nSPS) is 25.8. The Hall–Kier alpha value is -1.23. The van der Waals surface area contributed by atoms with E-state index in [0.717, 1.165) is 69.6 Å². The number of rotatable bonds is 4. The topological polar surface area (TPSA) is 82.6 Å². The van der Waals surface area contributed by atoms with Crippen LogP contribution >= 0.6 is 11.6 Å². The molecule has 0 radical (unpaired) electrons. The van der Waals surface area contributed by atoms with Crippen LogP contribution in [0, 0.1) is 0 Å². The van der Waals surface area contributed by atoms with Gasteiger partial charge in [0.05, 0.1) is 18.1 Å². The summed E-state index contributed by atoms with van der Waals surface area (Å²) in [6.45, 7) is 6.33. The van der Waals surface area contributed by atoms with Gasteiger partial charge in [0.25, 0.3) is 0 Å². The zero-order valence-electron chi connectivity index (χ0n) is 20.2. The van der Waals surface area contributed by atoms with E-state index in [9.17, 15) is 14.1 Å². The summed E-state index contributed by atoms with van der Waals surface area (Å²) in [6.07, 6.45) is 6.73. The second kappa shape index (κ2) is 13.8. The highest BCUT2D eigenvalue weighted by molar-refractivity contribution is 7.82. The fourth-order valence-electron chi connectivity index (χ4n) is 4.80. The molecular weight excluding hydrogens is 478 g/mol. The third kappa shape index (κ3) is 7.90. The van der Waals surface area contributed by atoms with Gasteiger partial charge in [-0.05, 0) is 69.7 Å². The van der Waals surface area contributed by atoms with Gasteiger partial charge in [-0.15, -0.1) is 0 Å². The molecule has 0 aromatic heterocycles. The largest absolute Gasteiger partial charge is 0.441 e. The summed E-state index contributed by atoms with van der Waals surface area (Å²) >= 11 is 5.82. The fraction of sp³-hybridized carbons (Fsp3) is 0.708. The van der Waals surface area contributed by atoms with Gasteiger partial charge in [-0.25, -0.2) is 13.3 Å². The van der Waals surface area contributed by atoms with Gasteiger partial charge in [-0.2, -0.15) is 4.89 Å². The molecular formula is C24H38ClN3O5S. The number of aliphatic hydroxyl groups is 1. The lowest BCUT2D eigenvalue weighted by atomic mass is 10.00. The van der Waals surface area contributed by atoms with E-state index in [0.29, 0.717) is 23.7 Å². The average molecular weight is 516 g/mol. The third-order valence-electron chi connectivity index (χ3n) is 6.80. The van der Waals surface area contributed by atoms with E-state index < -0.39 is 17.1 Å². The summed E-state index contributed by atoms with van der Waals surface area (Å²) in [5, 5.41) is 10.2. The first kappa shape index (κ1) is 27.4. The first-order valence-corrected chi connectivity index (χ1v) is 13.7. The molecule has 3 heterocycles. The standard InChI is InChI=1S/C12H16ClNOS.C12H22N2O4/c1-10-4-2-3-9-14(10)16(15)12-7-5-11(13)6-8-12;1-17-18-12(16)14-6-2-3-10(9-14)13-7-4-11(15)5-8-13/h5-8,10H,2-4,9H2,1H3;10-11,15H,2-9H2,1H3/t10-,16?;/m1./s1. The van der Waals surface area contributed by atoms with Gasteiger partial charge in [0, 0.05) is 49.8 Å². The predicted molar refractivity (Wildman–Crippen MR) is 133 cm³/mol. The molecule has 1 aromatic rings. The number of halogens is 1. The van der Waals surface area contributed by atoms with E-state index in [4.69, 9.17) is 11.6 Å². The number of carbonyl (C=O) groups excluding carboxylic acids is 1. The number of hydrogen-bond acceptors (Lipinski definition) is 6. The van der Waals surface area contributed by atoms with Crippen molar-refractivity contribution in [2.24, 2.45) is 0 Å². The van der Waals surface area contributed by atoms with Crippen LogP contribution < -0.4 is 0 Å². The van der Waals surface area contributed by atoms with Crippen molar-refractivity contribution in [3.05, 3.63) is 29.3 Å². The van der Waals surface area contributed by atoms with E-state index in [1.54, 1.807) is 17.0 Å². The third-order valence-corrected chi connectivity index (χ3v) is 8.69. The Morgan fingerprint density at radius 2 is 1.74 bits per heavy atom. The van der Waals surface area contributed by atoms with E-state index in [1.165, 1.54) is 13.5 Å². The molecule has 0 bridgehead atoms. The van der Waals surface area contributed by atoms with E-state index in [2.05, 4.69) is 25.9 Å². The van der Waals surface area contributed by atoms with Crippen molar-refractivity contribution in [1.29, 1.82) is 0 Å². The van der Waals surface area contributed by atoms with Crippen LogP contribution in [0.3, 0.4) is 0 Å². The van der Waals surface area contributed by atoms with Crippen LogP contribution in [0.4, 0.5) is 4.79 Å². The van der Waals surface area contributed by atoms with Gasteiger partial charge < -0.3 is 10.0 Å². The highest BCUT2D eigenvalue weighted by Gasteiger charge is 2.31. The van der Waals surface area contributed by atoms with Crippen molar-refractivity contribution in [2.75, 3.05) is 39.8 Å². The molecule has 4 rings (SSSR count). The Kier molecular flexibility index (Phi) is 11.1. The average Bonchev–Trinajstić information content (AvgIpc) is 2.85. The number of likely N-dealkylation sites (tertiary alicyclic amines) is 2. The molecule has 3 saturated heterocycles. The van der Waals surface area contributed by atoms with Crippen LogP contribution in [0.5, 0.6) is 0 Å². The van der Waals surface area contributed by atoms with Crippen molar-refractivity contribution >= 4 is 28.7 Å². The van der Waals surface area contributed by atoms with E-state index in [1.807, 2.05) is 12.1 Å². The molecule has 0 aliphatic carbocycles. The summed E-state index contributed by atoms with van der Waals surface area (Å²) in [7, 11) is 0.305. The fourth-order valence-corrected chi connectivity index (χ4v) is 6.29. The van der Waals surface area contributed by atoms with Crippen molar-refractivity contribution in [2.45, 2.75) is 75.0 Å². The van der Waals surface area contributed by atoms with Crippen LogP contribution in [0.25, 0.3) is 0 Å². The number of aliphatic hydroxyl groups excluding tert-OH is 1. The molecule has 1 amide bonds. The lowest BCUT2D eigenvalue weighted by Crippen LogP contribution is -2.52. The van der Waals surface area contributed by atoms with Crippen LogP contribution in [0.15, 0.2) is 29.2 Å². The highest BCUT2D eigenvalue weighted by atomic mass is 35.5. The Bertz CT molecular complexity index is 791. The monoisotopic (exact) mass is 515 g/mol. The molecule has 2 unspecified atom stereocenters. The lowest BCUT2D eigenvalue weighted by Gasteiger charge is -2.41. The summed E-state index contributed by atoms with van der Waals surface area (Å²) < 4.78 is 14.4. The number of carbonyl (C=O) groups is 1. The summed E-state index contributed by atoms with van der Waals surface area (Å²) in [5.74, 6) is 0. The van der Waals surface area contributed by atoms with Gasteiger partial charge >= 0.3 is 6.09 Å². The number of nitrogens with zero attached hydrogens (tertiary/aromatic N) is 3. The maximum atomic E-state index is 12.3. The highest BCUT2D eigenvalue weighted by Crippen LogP contribution is 2.23. The summed E-state index contributed by atoms with van der Waals surface area (Å²) in [5.41, 5.74) is 0. The van der Waals surface area contributed by atoms with Crippen molar-refractivity contribution in [1.82, 2.24) is 14.1 Å². The molecule has 1 N–H and O–H groups in total. The maximum absolute atomic E-state index is 12.3. The Morgan fingerprint density at radius 3 is 2.38 bits per heavy atom. The molecule has 8 nitrogen and oxygen atoms in total. The van der Waals surface area contributed by atoms with Crippen molar-refractivity contribution in [3.8, 4) is 0 Å². The molecule has 0 spiro atoms. The van der Waals surface area contributed by atoms with Crippen LogP contribution in [-0.4, -0.2) is 87.5 Å². The molecule has 34 heavy (non-hydrogen) atoms. The lowest BCUT2D eigenvalue weighted by molar-refractivity contribution is -0.222. The van der Waals surface area contributed by atoms with Crippen LogP contribution in [-0.2, 0) is 20.8 Å². The molecule has 3 atom stereocenters. The quantitative estimate of drug-likeness (QED) is 0.484. The smallest absolute Gasteiger partial charge is 0.393 e. The number of hydrogen-bond donors (Lipinski definition) is 1. The zero-order chi connectivity index (χ0) is 24.5. The Morgan fingerprint density at radius 1 is 1.03 bits per heavy atom. The van der Waals surface area contributed by atoms with Crippen molar-refractivity contribution < 1.29 is 23.9 Å². The minimum absolute atomic E-state index is 0.153. The minimum atomic E-state index is -1.03. The van der Waals surface area contributed by atoms with Gasteiger partial charge in [0.2, 0.25) is 0 Å². The molecule has 10 heteroatoms. The number of amides is 1. The molecule has 0 saturated carbocycles. The van der Waals surface area contributed by atoms with Crippen LogP contribution in [0.1, 0.15) is 51.9 Å². The van der Waals surface area contributed by atoms with E-state index in [-0.39, 0.29) is 6.10 Å². The zero-order valence-corrected chi connectivity index (χ0v) is 21.8. The second-order valence-corrected chi connectivity index (χ2v) is 11.1. The summed E-state index contributed by atoms with van der Waals surface area (Å²) in [6, 6.07) is 8.08. The Labute approximate surface area is 210 Å². The van der Waals surface area contributed by atoms with E-state index >= 15 is 0 Å². The number of benzene rings is 1. The molecule has 3 aliphatic heterocycles. The first-order chi connectivity index (χ1) is 16.4. The minimum Gasteiger partial charge on any atom is -0.393 e. The first-order valence-electron chi connectivity index (χ1n) is 12.2. The Balaban J connectivity index is 0.000000192. The van der Waals surface area contributed by atoms with Gasteiger partial charge in [0.15, 0.2) is 0 Å². The van der Waals surface area contributed by atoms with Gasteiger partial charge in [0.1, 0.15) is 11.0 Å². The van der Waals surface area contributed by atoms with Gasteiger partial charge in [-0.3, -0.25) is 9.79 Å². The second-order valence-electron chi connectivity index (χ2n) is 9.21.